The Morgan fingerprint density at radius 2 is 2.20 bits per heavy atom. The molecule has 2 rings (SSSR count). The van der Waals surface area contributed by atoms with E-state index in [0.29, 0.717) is 16.3 Å². The van der Waals surface area contributed by atoms with Crippen molar-refractivity contribution in [3.8, 4) is 10.8 Å². The smallest absolute Gasteiger partial charge is 0.323 e. The predicted octanol–water partition coefficient (Wildman–Crippen LogP) is 2.85. The summed E-state index contributed by atoms with van der Waals surface area (Å²) in [7, 11) is 1.78. The zero-order chi connectivity index (χ0) is 15.0. The molecule has 0 aliphatic heterocycles. The van der Waals surface area contributed by atoms with E-state index < -0.39 is 11.0 Å². The maximum absolute atomic E-state index is 11.1. The Balaban J connectivity index is 2.44. The minimum absolute atomic E-state index is 0.145. The number of aryl methyl sites for hydroxylation is 2. The first kappa shape index (κ1) is 14.5. The van der Waals surface area contributed by atoms with Gasteiger partial charge in [0.15, 0.2) is 5.75 Å². The van der Waals surface area contributed by atoms with Gasteiger partial charge in [-0.05, 0) is 20.8 Å². The lowest BCUT2D eigenvalue weighted by molar-refractivity contribution is -0.385. The molecule has 0 fully saturated rings. The van der Waals surface area contributed by atoms with E-state index in [-0.39, 0.29) is 10.8 Å². The number of rotatable bonds is 4. The van der Waals surface area contributed by atoms with Crippen LogP contribution in [0.2, 0.25) is 0 Å². The van der Waals surface area contributed by atoms with Crippen LogP contribution in [0.1, 0.15) is 29.3 Å². The van der Waals surface area contributed by atoms with Gasteiger partial charge in [-0.1, -0.05) is 11.3 Å². The minimum Gasteiger partial charge on any atom is -0.436 e. The topological polar surface area (TPSA) is 90.4 Å². The number of nitro groups is 1. The lowest BCUT2D eigenvalue weighted by Crippen LogP contribution is -1.93. The van der Waals surface area contributed by atoms with Crippen LogP contribution in [0.15, 0.2) is 6.07 Å². The molecule has 0 radical (unpaired) electrons. The van der Waals surface area contributed by atoms with Crippen LogP contribution in [-0.4, -0.2) is 19.8 Å². The standard InChI is InChI=1S/C12H15N3O4S/c1-6-11(7(2)14(4)13-6)19-12-9(15(17)18)5-10(20-12)8(3)16/h5,8,16H,1-4H3. The molecule has 2 aromatic rings. The van der Waals surface area contributed by atoms with Crippen LogP contribution in [0, 0.1) is 24.0 Å². The van der Waals surface area contributed by atoms with Gasteiger partial charge in [-0.15, -0.1) is 0 Å². The molecule has 0 aliphatic rings. The van der Waals surface area contributed by atoms with Crippen molar-refractivity contribution in [2.45, 2.75) is 26.9 Å². The molecule has 20 heavy (non-hydrogen) atoms. The minimum atomic E-state index is -0.771. The Bertz CT molecular complexity index is 660. The number of ether oxygens (including phenoxy) is 1. The molecule has 8 heteroatoms. The third kappa shape index (κ3) is 2.52. The van der Waals surface area contributed by atoms with Crippen molar-refractivity contribution in [3.63, 3.8) is 0 Å². The Kier molecular flexibility index (Phi) is 3.78. The number of aliphatic hydroxyl groups excluding tert-OH is 1. The fourth-order valence-electron chi connectivity index (χ4n) is 1.78. The number of thiophene rings is 1. The summed E-state index contributed by atoms with van der Waals surface area (Å²) in [6, 6.07) is 1.34. The number of aliphatic hydroxyl groups is 1. The summed E-state index contributed by atoms with van der Waals surface area (Å²) >= 11 is 1.07. The second kappa shape index (κ2) is 5.22. The molecule has 0 spiro atoms. The summed E-state index contributed by atoms with van der Waals surface area (Å²) in [5.74, 6) is 0.509. The monoisotopic (exact) mass is 297 g/mol. The normalized spacial score (nSPS) is 12.4. The van der Waals surface area contributed by atoms with Crippen LogP contribution < -0.4 is 4.74 Å². The van der Waals surface area contributed by atoms with Crippen LogP contribution in [-0.2, 0) is 7.05 Å². The van der Waals surface area contributed by atoms with Crippen LogP contribution in [0.4, 0.5) is 5.69 Å². The maximum Gasteiger partial charge on any atom is 0.323 e. The molecule has 2 aromatic heterocycles. The average molecular weight is 297 g/mol. The molecule has 1 unspecified atom stereocenters. The molecule has 0 saturated carbocycles. The molecule has 0 amide bonds. The first-order chi connectivity index (χ1) is 9.31. The highest BCUT2D eigenvalue weighted by atomic mass is 32.1. The van der Waals surface area contributed by atoms with E-state index in [2.05, 4.69) is 5.10 Å². The van der Waals surface area contributed by atoms with E-state index in [1.165, 1.54) is 6.07 Å². The summed E-state index contributed by atoms with van der Waals surface area (Å²) in [5, 5.41) is 24.9. The van der Waals surface area contributed by atoms with Crippen molar-refractivity contribution >= 4 is 17.0 Å². The molecule has 1 atom stereocenters. The summed E-state index contributed by atoms with van der Waals surface area (Å²) < 4.78 is 7.32. The number of hydrogen-bond donors (Lipinski definition) is 1. The van der Waals surface area contributed by atoms with Crippen molar-refractivity contribution in [2.24, 2.45) is 7.05 Å². The molecular formula is C12H15N3O4S. The molecule has 0 bridgehead atoms. The van der Waals surface area contributed by atoms with Crippen molar-refractivity contribution in [1.29, 1.82) is 0 Å². The molecule has 1 N–H and O–H groups in total. The van der Waals surface area contributed by atoms with Crippen LogP contribution in [0.3, 0.4) is 0 Å². The summed E-state index contributed by atoms with van der Waals surface area (Å²) in [6.07, 6.45) is -0.771. The fourth-order valence-corrected chi connectivity index (χ4v) is 2.70. The van der Waals surface area contributed by atoms with E-state index in [1.807, 2.05) is 6.92 Å². The third-order valence-corrected chi connectivity index (χ3v) is 4.12. The lowest BCUT2D eigenvalue weighted by atomic mass is 10.3. The van der Waals surface area contributed by atoms with Gasteiger partial charge in [0.1, 0.15) is 5.69 Å². The van der Waals surface area contributed by atoms with E-state index in [9.17, 15) is 15.2 Å². The van der Waals surface area contributed by atoms with Gasteiger partial charge in [0.25, 0.3) is 5.06 Å². The quantitative estimate of drug-likeness (QED) is 0.692. The van der Waals surface area contributed by atoms with Crippen LogP contribution >= 0.6 is 11.3 Å². The Morgan fingerprint density at radius 3 is 2.65 bits per heavy atom. The maximum atomic E-state index is 11.1. The summed E-state index contributed by atoms with van der Waals surface area (Å²) in [6.45, 7) is 5.15. The first-order valence-corrected chi connectivity index (χ1v) is 6.77. The second-order valence-corrected chi connectivity index (χ2v) is 5.53. The van der Waals surface area contributed by atoms with Gasteiger partial charge in [-0.25, -0.2) is 0 Å². The Labute approximate surface area is 119 Å². The van der Waals surface area contributed by atoms with Gasteiger partial charge in [-0.2, -0.15) is 5.10 Å². The molecule has 2 heterocycles. The average Bonchev–Trinajstić information content (AvgIpc) is 2.87. The van der Waals surface area contributed by atoms with Gasteiger partial charge < -0.3 is 9.84 Å². The zero-order valence-electron chi connectivity index (χ0n) is 11.6. The molecule has 7 nitrogen and oxygen atoms in total. The Morgan fingerprint density at radius 1 is 1.55 bits per heavy atom. The Hall–Kier alpha value is -1.93. The lowest BCUT2D eigenvalue weighted by Gasteiger charge is -2.03. The largest absolute Gasteiger partial charge is 0.436 e. The van der Waals surface area contributed by atoms with Gasteiger partial charge in [0.2, 0.25) is 0 Å². The van der Waals surface area contributed by atoms with Crippen molar-refractivity contribution in [1.82, 2.24) is 9.78 Å². The molecular weight excluding hydrogens is 282 g/mol. The summed E-state index contributed by atoms with van der Waals surface area (Å²) in [5.41, 5.74) is 1.30. The van der Waals surface area contributed by atoms with Crippen molar-refractivity contribution in [3.05, 3.63) is 32.4 Å². The highest BCUT2D eigenvalue weighted by molar-refractivity contribution is 7.14. The van der Waals surface area contributed by atoms with Crippen molar-refractivity contribution in [2.75, 3.05) is 0 Å². The molecule has 0 aliphatic carbocycles. The fraction of sp³-hybridized carbons (Fsp3) is 0.417. The van der Waals surface area contributed by atoms with E-state index >= 15 is 0 Å². The van der Waals surface area contributed by atoms with E-state index in [0.717, 1.165) is 17.0 Å². The zero-order valence-corrected chi connectivity index (χ0v) is 12.4. The first-order valence-electron chi connectivity index (χ1n) is 5.95. The van der Waals surface area contributed by atoms with Crippen LogP contribution in [0.25, 0.3) is 0 Å². The van der Waals surface area contributed by atoms with E-state index in [1.54, 1.807) is 25.6 Å². The predicted molar refractivity (Wildman–Crippen MR) is 74.4 cm³/mol. The van der Waals surface area contributed by atoms with Crippen LogP contribution in [0.5, 0.6) is 10.8 Å². The van der Waals surface area contributed by atoms with Crippen molar-refractivity contribution < 1.29 is 14.8 Å². The van der Waals surface area contributed by atoms with E-state index in [4.69, 9.17) is 4.74 Å². The van der Waals surface area contributed by atoms with Gasteiger partial charge in [-0.3, -0.25) is 14.8 Å². The highest BCUT2D eigenvalue weighted by Crippen LogP contribution is 2.43. The number of aromatic nitrogens is 2. The summed E-state index contributed by atoms with van der Waals surface area (Å²) in [4.78, 5) is 11.0. The molecule has 108 valence electrons. The van der Waals surface area contributed by atoms with Gasteiger partial charge >= 0.3 is 5.69 Å². The third-order valence-electron chi connectivity index (χ3n) is 2.94. The number of hydrogen-bond acceptors (Lipinski definition) is 6. The molecule has 0 aromatic carbocycles. The van der Waals surface area contributed by atoms with Gasteiger partial charge in [0, 0.05) is 18.0 Å². The SMILES string of the molecule is Cc1nn(C)c(C)c1Oc1sc(C(C)O)cc1[N+](=O)[O-]. The molecule has 0 saturated heterocycles. The van der Waals surface area contributed by atoms with Gasteiger partial charge in [0.05, 0.1) is 16.7 Å². The highest BCUT2D eigenvalue weighted by Gasteiger charge is 2.25. The number of nitrogens with zero attached hydrogens (tertiary/aromatic N) is 3. The second-order valence-electron chi connectivity index (χ2n) is 4.48.